The molecule has 30 heavy (non-hydrogen) atoms. The van der Waals surface area contributed by atoms with Crippen LogP contribution in [-0.4, -0.2) is 30.3 Å². The van der Waals surface area contributed by atoms with Crippen molar-refractivity contribution in [2.45, 2.75) is 83.7 Å². The number of fused-ring (bicyclic) bond motifs is 2. The first-order valence-electron chi connectivity index (χ1n) is 11.1. The third-order valence-corrected chi connectivity index (χ3v) is 7.47. The summed E-state index contributed by atoms with van der Waals surface area (Å²) < 4.78 is 37.1. The fraction of sp³-hybridized carbons (Fsp3) is 0.739. The molecule has 0 radical (unpaired) electrons. The van der Waals surface area contributed by atoms with E-state index in [1.165, 1.54) is 6.92 Å². The van der Waals surface area contributed by atoms with Crippen LogP contribution in [0.4, 0.5) is 4.39 Å². The number of halogens is 1. The highest BCUT2D eigenvalue weighted by molar-refractivity contribution is 5.31. The molecule has 5 aliphatic rings. The summed E-state index contributed by atoms with van der Waals surface area (Å²) in [6, 6.07) is 6.93. The summed E-state index contributed by atoms with van der Waals surface area (Å²) in [7, 11) is 0. The zero-order chi connectivity index (χ0) is 21.1. The number of hydrogen-bond donors (Lipinski definition) is 0. The summed E-state index contributed by atoms with van der Waals surface area (Å²) >= 11 is 0. The molecule has 6 nitrogen and oxygen atoms in total. The molecule has 6 rings (SSSR count). The van der Waals surface area contributed by atoms with Crippen LogP contribution < -0.4 is 9.47 Å². The van der Waals surface area contributed by atoms with E-state index >= 15 is 0 Å². The number of rotatable bonds is 4. The van der Waals surface area contributed by atoms with Crippen molar-refractivity contribution < 1.29 is 33.1 Å². The average Bonchev–Trinajstić information content (AvgIpc) is 2.93. The number of ether oxygens (including phenoxy) is 4. The van der Waals surface area contributed by atoms with Gasteiger partial charge in [0.15, 0.2) is 11.9 Å². The molecular weight excluding hydrogens is 391 g/mol. The van der Waals surface area contributed by atoms with E-state index in [0.717, 1.165) is 25.7 Å². The van der Waals surface area contributed by atoms with Crippen molar-refractivity contribution in [3.63, 3.8) is 0 Å². The van der Waals surface area contributed by atoms with Gasteiger partial charge >= 0.3 is 0 Å². The quantitative estimate of drug-likeness (QED) is 0.639. The molecule has 4 saturated heterocycles. The molecule has 4 heterocycles. The maximum absolute atomic E-state index is 13.0. The summed E-state index contributed by atoms with van der Waals surface area (Å²) in [5.74, 6) is 1.45. The lowest BCUT2D eigenvalue weighted by Crippen LogP contribution is -2.70. The summed E-state index contributed by atoms with van der Waals surface area (Å²) in [5.41, 5.74) is -0.595. The van der Waals surface area contributed by atoms with Crippen molar-refractivity contribution in [2.75, 3.05) is 0 Å². The van der Waals surface area contributed by atoms with Crippen molar-refractivity contribution in [2.24, 2.45) is 23.7 Å². The van der Waals surface area contributed by atoms with Gasteiger partial charge in [0.25, 0.3) is 0 Å². The van der Waals surface area contributed by atoms with Crippen LogP contribution in [0.3, 0.4) is 0 Å². The van der Waals surface area contributed by atoms with E-state index in [2.05, 4.69) is 13.8 Å². The number of benzene rings is 1. The Labute approximate surface area is 176 Å². The van der Waals surface area contributed by atoms with Gasteiger partial charge in [-0.1, -0.05) is 13.8 Å². The van der Waals surface area contributed by atoms with Gasteiger partial charge in [0.2, 0.25) is 18.4 Å². The Morgan fingerprint density at radius 3 is 2.50 bits per heavy atom. The van der Waals surface area contributed by atoms with E-state index in [1.54, 1.807) is 24.3 Å². The number of alkyl halides is 1. The summed E-state index contributed by atoms with van der Waals surface area (Å²) in [4.78, 5) is 12.0. The predicted molar refractivity (Wildman–Crippen MR) is 105 cm³/mol. The lowest BCUT2D eigenvalue weighted by Gasteiger charge is -2.60. The molecule has 166 valence electrons. The third kappa shape index (κ3) is 3.22. The Kier molecular flexibility index (Phi) is 5.01. The molecule has 1 aromatic rings. The monoisotopic (exact) mass is 422 g/mol. The van der Waals surface area contributed by atoms with Gasteiger partial charge in [0, 0.05) is 25.2 Å². The van der Waals surface area contributed by atoms with E-state index in [-0.39, 0.29) is 11.8 Å². The second kappa shape index (κ2) is 7.33. The van der Waals surface area contributed by atoms with Gasteiger partial charge in [-0.05, 0) is 62.3 Å². The smallest absolute Gasteiger partial charge is 0.235 e. The summed E-state index contributed by atoms with van der Waals surface area (Å²) in [6.07, 6.45) is 1.58. The molecule has 1 spiro atoms. The Balaban J connectivity index is 1.40. The average molecular weight is 422 g/mol. The van der Waals surface area contributed by atoms with E-state index in [9.17, 15) is 4.39 Å². The van der Waals surface area contributed by atoms with Crippen LogP contribution in [0.25, 0.3) is 0 Å². The van der Waals surface area contributed by atoms with Gasteiger partial charge in [-0.15, -0.1) is 0 Å². The minimum absolute atomic E-state index is 0.0905. The van der Waals surface area contributed by atoms with Crippen molar-refractivity contribution in [3.05, 3.63) is 24.3 Å². The fourth-order valence-corrected chi connectivity index (χ4v) is 5.93. The maximum Gasteiger partial charge on any atom is 0.235 e. The van der Waals surface area contributed by atoms with Crippen molar-refractivity contribution >= 4 is 0 Å². The Bertz CT molecular complexity index is 771. The van der Waals surface area contributed by atoms with Crippen LogP contribution in [0.1, 0.15) is 53.4 Å². The highest BCUT2D eigenvalue weighted by Gasteiger charge is 2.69. The molecule has 5 fully saturated rings. The van der Waals surface area contributed by atoms with Crippen molar-refractivity contribution in [1.82, 2.24) is 0 Å². The molecule has 0 aromatic heterocycles. The second-order valence-electron chi connectivity index (χ2n) is 9.52. The first-order chi connectivity index (χ1) is 14.3. The Morgan fingerprint density at radius 2 is 1.77 bits per heavy atom. The molecule has 9 atom stereocenters. The van der Waals surface area contributed by atoms with Gasteiger partial charge in [-0.2, -0.15) is 0 Å². The van der Waals surface area contributed by atoms with E-state index in [4.69, 9.17) is 28.7 Å². The lowest BCUT2D eigenvalue weighted by molar-refractivity contribution is -0.575. The zero-order valence-corrected chi connectivity index (χ0v) is 18.0. The van der Waals surface area contributed by atoms with E-state index in [1.807, 2.05) is 6.92 Å². The standard InChI is InChI=1S/C23H31FO6/c1-13-5-10-19-14(2)20(26-17-8-6-16(7-9-17)25-15(3)24)27-21-23(19)18(13)11-12-22(4,28-21)29-30-23/h6-9,13-15,18-21H,5,10-12H2,1-4H3/t13-,14-,15?,18+,19+,20+,21-,22-,23-/m1/s1. The number of hydrogen-bond acceptors (Lipinski definition) is 6. The van der Waals surface area contributed by atoms with Gasteiger partial charge in [0.1, 0.15) is 11.5 Å². The minimum Gasteiger partial charge on any atom is -0.465 e. The van der Waals surface area contributed by atoms with Gasteiger partial charge in [0.05, 0.1) is 0 Å². The Hall–Kier alpha value is -1.41. The predicted octanol–water partition coefficient (Wildman–Crippen LogP) is 4.97. The molecule has 1 saturated carbocycles. The van der Waals surface area contributed by atoms with Crippen LogP contribution in [0.5, 0.6) is 11.5 Å². The SMILES string of the molecule is CC(F)Oc1ccc(O[C@H]2O[C@@H]3O[C@@]4(C)CC[C@H]5[C@H](C)CC[C@@H]([C@H]2C)[C@@]35OO4)cc1. The molecule has 0 N–H and O–H groups in total. The van der Waals surface area contributed by atoms with Crippen LogP contribution in [0, 0.1) is 23.7 Å². The third-order valence-electron chi connectivity index (χ3n) is 7.47. The second-order valence-corrected chi connectivity index (χ2v) is 9.52. The van der Waals surface area contributed by atoms with Crippen molar-refractivity contribution in [3.8, 4) is 11.5 Å². The highest BCUT2D eigenvalue weighted by atomic mass is 19.1. The molecule has 7 heteroatoms. The lowest BCUT2D eigenvalue weighted by atomic mass is 9.58. The van der Waals surface area contributed by atoms with Crippen molar-refractivity contribution in [1.29, 1.82) is 0 Å². The molecule has 2 bridgehead atoms. The van der Waals surface area contributed by atoms with Crippen LogP contribution in [0.15, 0.2) is 24.3 Å². The van der Waals surface area contributed by atoms with Gasteiger partial charge in [-0.25, -0.2) is 14.2 Å². The van der Waals surface area contributed by atoms with E-state index in [0.29, 0.717) is 23.3 Å². The minimum atomic E-state index is -1.36. The van der Waals surface area contributed by atoms with Crippen LogP contribution in [0.2, 0.25) is 0 Å². The molecule has 0 amide bonds. The normalized spacial score (nSPS) is 45.9. The van der Waals surface area contributed by atoms with E-state index < -0.39 is 30.3 Å². The van der Waals surface area contributed by atoms with Gasteiger partial charge in [-0.3, -0.25) is 0 Å². The largest absolute Gasteiger partial charge is 0.465 e. The fourth-order valence-electron chi connectivity index (χ4n) is 5.93. The molecular formula is C23H31FO6. The van der Waals surface area contributed by atoms with Gasteiger partial charge < -0.3 is 18.9 Å². The first-order valence-corrected chi connectivity index (χ1v) is 11.1. The highest BCUT2D eigenvalue weighted by Crippen LogP contribution is 2.60. The molecule has 1 aromatic carbocycles. The topological polar surface area (TPSA) is 55.4 Å². The molecule has 1 aliphatic carbocycles. The molecule has 4 aliphatic heterocycles. The summed E-state index contributed by atoms with van der Waals surface area (Å²) in [6.45, 7) is 7.71. The molecule has 1 unspecified atom stereocenters. The maximum atomic E-state index is 13.0. The van der Waals surface area contributed by atoms with Crippen LogP contribution >= 0.6 is 0 Å². The first kappa shape index (κ1) is 20.5. The summed E-state index contributed by atoms with van der Waals surface area (Å²) in [5, 5.41) is 0. The zero-order valence-electron chi connectivity index (χ0n) is 18.0. The van der Waals surface area contributed by atoms with Crippen LogP contribution in [-0.2, 0) is 19.2 Å². The Morgan fingerprint density at radius 1 is 1.03 bits per heavy atom.